The van der Waals surface area contributed by atoms with E-state index in [0.29, 0.717) is 11.8 Å². The van der Waals surface area contributed by atoms with Gasteiger partial charge in [-0.15, -0.1) is 0 Å². The van der Waals surface area contributed by atoms with Crippen molar-refractivity contribution in [1.82, 2.24) is 0 Å². The number of unbranched alkanes of at least 4 members (excludes halogenated alkanes) is 1. The summed E-state index contributed by atoms with van der Waals surface area (Å²) in [5, 5.41) is 11.2. The van der Waals surface area contributed by atoms with Crippen molar-refractivity contribution in [3.05, 3.63) is 24.3 Å². The lowest BCUT2D eigenvalue weighted by Crippen LogP contribution is -2.48. The third-order valence-electron chi connectivity index (χ3n) is 9.83. The fraction of sp³-hybridized carbons (Fsp3) is 0.867. The van der Waals surface area contributed by atoms with Crippen LogP contribution in [0.25, 0.3) is 0 Å². The summed E-state index contributed by atoms with van der Waals surface area (Å²) in [7, 11) is -3.78. The smallest absolute Gasteiger partial charge is 0.192 e. The maximum atomic E-state index is 10.8. The molecule has 204 valence electrons. The van der Waals surface area contributed by atoms with Crippen molar-refractivity contribution in [2.75, 3.05) is 0 Å². The molecule has 2 rings (SSSR count). The van der Waals surface area contributed by atoms with Gasteiger partial charge in [-0.25, -0.2) is 0 Å². The van der Waals surface area contributed by atoms with Gasteiger partial charge in [-0.05, 0) is 86.3 Å². The van der Waals surface area contributed by atoms with Crippen LogP contribution in [0.3, 0.4) is 0 Å². The van der Waals surface area contributed by atoms with E-state index in [2.05, 4.69) is 100 Å². The topological polar surface area (TPSA) is 38.7 Å². The first-order valence-corrected chi connectivity index (χ1v) is 20.0. The number of aliphatic hydroxyl groups excluding tert-OH is 1. The van der Waals surface area contributed by atoms with E-state index in [4.69, 9.17) is 8.85 Å². The third kappa shape index (κ3) is 7.22. The van der Waals surface area contributed by atoms with E-state index in [1.54, 1.807) is 0 Å². The minimum Gasteiger partial charge on any atom is -0.413 e. The quantitative estimate of drug-likeness (QED) is 0.230. The molecule has 3 nitrogen and oxygen atoms in total. The fourth-order valence-corrected chi connectivity index (χ4v) is 8.56. The van der Waals surface area contributed by atoms with Gasteiger partial charge in [0.1, 0.15) is 0 Å². The van der Waals surface area contributed by atoms with Crippen LogP contribution in [0.4, 0.5) is 0 Å². The van der Waals surface area contributed by atoms with Crippen molar-refractivity contribution in [2.45, 2.75) is 148 Å². The summed E-state index contributed by atoms with van der Waals surface area (Å²) >= 11 is 0. The van der Waals surface area contributed by atoms with Gasteiger partial charge >= 0.3 is 0 Å². The molecule has 0 aromatic carbocycles. The summed E-state index contributed by atoms with van der Waals surface area (Å²) in [6.45, 7) is 32.2. The van der Waals surface area contributed by atoms with Crippen molar-refractivity contribution in [2.24, 2.45) is 17.8 Å². The first-order chi connectivity index (χ1) is 15.7. The van der Waals surface area contributed by atoms with Crippen LogP contribution in [-0.2, 0) is 8.85 Å². The first-order valence-electron chi connectivity index (χ1n) is 14.1. The van der Waals surface area contributed by atoms with E-state index in [1.807, 2.05) is 0 Å². The summed E-state index contributed by atoms with van der Waals surface area (Å²) in [6, 6.07) is 0. The molecule has 0 aliphatic heterocycles. The summed E-state index contributed by atoms with van der Waals surface area (Å²) < 4.78 is 14.0. The van der Waals surface area contributed by atoms with Gasteiger partial charge in [0.15, 0.2) is 16.6 Å². The minimum atomic E-state index is -1.90. The van der Waals surface area contributed by atoms with Gasteiger partial charge in [-0.1, -0.05) is 80.0 Å². The van der Waals surface area contributed by atoms with Crippen LogP contribution >= 0.6 is 0 Å². The van der Waals surface area contributed by atoms with Crippen molar-refractivity contribution in [1.29, 1.82) is 0 Å². The molecule has 1 N–H and O–H groups in total. The molecule has 35 heavy (non-hydrogen) atoms. The SMILES string of the molecule is C=C1CC2C(/C=C/CC(C)(CCCC)O[Si](C)(C)C(C)(C)C)C(O[Si](C)(C)C(C)(C)C)CC2C1O. The molecule has 0 spiro atoms. The molecular weight excluding hydrogens is 464 g/mol. The van der Waals surface area contributed by atoms with Gasteiger partial charge in [-0.3, -0.25) is 0 Å². The Morgan fingerprint density at radius 2 is 1.54 bits per heavy atom. The molecule has 2 fully saturated rings. The molecule has 5 heteroatoms. The van der Waals surface area contributed by atoms with Crippen molar-refractivity contribution in [3.63, 3.8) is 0 Å². The van der Waals surface area contributed by atoms with Gasteiger partial charge in [-0.2, -0.15) is 0 Å². The lowest BCUT2D eigenvalue weighted by Gasteiger charge is -2.44. The van der Waals surface area contributed by atoms with E-state index in [-0.39, 0.29) is 33.8 Å². The van der Waals surface area contributed by atoms with E-state index in [0.717, 1.165) is 31.3 Å². The largest absolute Gasteiger partial charge is 0.413 e. The Kier molecular flexibility index (Phi) is 9.64. The number of aliphatic hydroxyl groups is 1. The number of hydrogen-bond acceptors (Lipinski definition) is 3. The van der Waals surface area contributed by atoms with Gasteiger partial charge < -0.3 is 14.0 Å². The molecule has 0 radical (unpaired) electrons. The molecule has 0 amide bonds. The molecule has 0 saturated heterocycles. The highest BCUT2D eigenvalue weighted by atomic mass is 28.4. The second kappa shape index (κ2) is 10.9. The monoisotopic (exact) mass is 522 g/mol. The zero-order chi connectivity index (χ0) is 27.0. The molecular formula is C30H58O3Si2. The van der Waals surface area contributed by atoms with Crippen molar-refractivity contribution >= 4 is 16.6 Å². The maximum Gasteiger partial charge on any atom is 0.192 e. The highest BCUT2D eigenvalue weighted by Gasteiger charge is 2.52. The van der Waals surface area contributed by atoms with Gasteiger partial charge in [0.25, 0.3) is 0 Å². The van der Waals surface area contributed by atoms with Crippen LogP contribution in [0.5, 0.6) is 0 Å². The molecule has 0 heterocycles. The summed E-state index contributed by atoms with van der Waals surface area (Å²) in [5.41, 5.74) is 0.875. The molecule has 2 saturated carbocycles. The first kappa shape index (κ1) is 31.0. The van der Waals surface area contributed by atoms with E-state index < -0.39 is 16.6 Å². The molecule has 2 aliphatic rings. The highest BCUT2D eigenvalue weighted by Crippen LogP contribution is 2.53. The summed E-state index contributed by atoms with van der Waals surface area (Å²) in [5.74, 6) is 1.06. The average molecular weight is 523 g/mol. The second-order valence-electron chi connectivity index (χ2n) is 14.9. The fourth-order valence-electron chi connectivity index (χ4n) is 5.48. The molecule has 6 atom stereocenters. The third-order valence-corrected chi connectivity index (χ3v) is 18.9. The Labute approximate surface area is 220 Å². The van der Waals surface area contributed by atoms with Crippen LogP contribution in [0.1, 0.15) is 93.9 Å². The highest BCUT2D eigenvalue weighted by molar-refractivity contribution is 6.74. The minimum absolute atomic E-state index is 0.137. The zero-order valence-electron chi connectivity index (χ0n) is 25.3. The lowest BCUT2D eigenvalue weighted by atomic mass is 9.89. The predicted molar refractivity (Wildman–Crippen MR) is 157 cm³/mol. The Balaban J connectivity index is 2.27. The predicted octanol–water partition coefficient (Wildman–Crippen LogP) is 8.87. The van der Waals surface area contributed by atoms with Crippen LogP contribution in [0, 0.1) is 17.8 Å². The molecule has 2 aliphatic carbocycles. The van der Waals surface area contributed by atoms with Crippen LogP contribution in [0.2, 0.25) is 36.3 Å². The molecule has 0 aromatic rings. The summed E-state index contributed by atoms with van der Waals surface area (Å²) in [4.78, 5) is 0. The molecule has 6 unspecified atom stereocenters. The normalized spacial score (nSPS) is 30.2. The van der Waals surface area contributed by atoms with Crippen molar-refractivity contribution < 1.29 is 14.0 Å². The van der Waals surface area contributed by atoms with Crippen molar-refractivity contribution in [3.8, 4) is 0 Å². The standard InChI is InChI=1S/C30H58O3Si2/c1-14-15-18-30(9,33-35(12,13)29(6,7)8)19-16-17-23-24-20-22(2)27(31)25(24)21-26(23)32-34(10,11)28(3,4)5/h16-17,23-27,31H,2,14-15,18-21H2,1,3-13H3/b17-16+. The van der Waals surface area contributed by atoms with Gasteiger partial charge in [0.05, 0.1) is 17.8 Å². The second-order valence-corrected chi connectivity index (χ2v) is 24.4. The Hall–Kier alpha value is -0.206. The summed E-state index contributed by atoms with van der Waals surface area (Å²) in [6.07, 6.45) is 10.9. The zero-order valence-corrected chi connectivity index (χ0v) is 27.3. The average Bonchev–Trinajstić information content (AvgIpc) is 3.13. The van der Waals surface area contributed by atoms with Crippen LogP contribution in [-0.4, -0.2) is 39.6 Å². The van der Waals surface area contributed by atoms with Crippen LogP contribution in [0.15, 0.2) is 24.3 Å². The number of rotatable bonds is 10. The molecule has 0 aromatic heterocycles. The lowest BCUT2D eigenvalue weighted by molar-refractivity contribution is 0.0631. The van der Waals surface area contributed by atoms with E-state index >= 15 is 0 Å². The number of fused-ring (bicyclic) bond motifs is 1. The van der Waals surface area contributed by atoms with E-state index in [1.165, 1.54) is 12.8 Å². The van der Waals surface area contributed by atoms with Crippen LogP contribution < -0.4 is 0 Å². The number of hydrogen-bond donors (Lipinski definition) is 1. The Bertz CT molecular complexity index is 759. The Morgan fingerprint density at radius 1 is 0.971 bits per heavy atom. The maximum absolute atomic E-state index is 10.8. The van der Waals surface area contributed by atoms with Gasteiger partial charge in [0.2, 0.25) is 0 Å². The Morgan fingerprint density at radius 3 is 2.06 bits per heavy atom. The van der Waals surface area contributed by atoms with Gasteiger partial charge in [0, 0.05) is 5.92 Å². The van der Waals surface area contributed by atoms with E-state index in [9.17, 15) is 5.11 Å². The molecule has 0 bridgehead atoms.